The summed E-state index contributed by atoms with van der Waals surface area (Å²) in [7, 11) is -3.70. The fourth-order valence-electron chi connectivity index (χ4n) is 2.02. The number of sulfonamides is 1. The summed E-state index contributed by atoms with van der Waals surface area (Å²) in [5.74, 6) is -0.162. The average molecular weight is 298 g/mol. The molecule has 0 aliphatic carbocycles. The molecule has 1 aliphatic heterocycles. The first-order valence-corrected chi connectivity index (χ1v) is 7.88. The van der Waals surface area contributed by atoms with Crippen LogP contribution in [-0.4, -0.2) is 32.1 Å². The average Bonchev–Trinajstić information content (AvgIpc) is 2.74. The SMILES string of the molecule is CC(C)[C@@H](CO)NS(=O)(=O)c1ccc2c(c1)CC(=O)N2. The molecule has 1 atom stereocenters. The summed E-state index contributed by atoms with van der Waals surface area (Å²) in [5, 5.41) is 11.9. The number of aliphatic hydroxyl groups is 1. The summed E-state index contributed by atoms with van der Waals surface area (Å²) in [4.78, 5) is 11.4. The van der Waals surface area contributed by atoms with Gasteiger partial charge in [-0.05, 0) is 29.7 Å². The van der Waals surface area contributed by atoms with Crippen molar-refractivity contribution in [2.45, 2.75) is 31.2 Å². The van der Waals surface area contributed by atoms with E-state index in [1.54, 1.807) is 6.07 Å². The van der Waals surface area contributed by atoms with E-state index in [1.165, 1.54) is 12.1 Å². The Morgan fingerprint density at radius 3 is 2.70 bits per heavy atom. The van der Waals surface area contributed by atoms with Crippen LogP contribution in [0, 0.1) is 5.92 Å². The number of anilines is 1. The second-order valence-corrected chi connectivity index (χ2v) is 6.91. The molecule has 0 unspecified atom stereocenters. The van der Waals surface area contributed by atoms with Gasteiger partial charge in [0.05, 0.1) is 17.9 Å². The van der Waals surface area contributed by atoms with Crippen LogP contribution in [-0.2, 0) is 21.2 Å². The first-order chi connectivity index (χ1) is 9.33. The molecule has 0 spiro atoms. The van der Waals surface area contributed by atoms with E-state index < -0.39 is 16.1 Å². The molecule has 1 amide bonds. The Morgan fingerprint density at radius 2 is 2.10 bits per heavy atom. The molecule has 0 bridgehead atoms. The standard InChI is InChI=1S/C13H18N2O4S/c1-8(2)12(7-16)15-20(18,19)10-3-4-11-9(5-10)6-13(17)14-11/h3-5,8,12,15-16H,6-7H2,1-2H3,(H,14,17)/t12-/m1/s1. The number of hydrogen-bond donors (Lipinski definition) is 3. The molecular formula is C13H18N2O4S. The number of benzene rings is 1. The molecule has 3 N–H and O–H groups in total. The molecule has 7 heteroatoms. The maximum absolute atomic E-state index is 12.3. The number of carbonyl (C=O) groups excluding carboxylic acids is 1. The highest BCUT2D eigenvalue weighted by molar-refractivity contribution is 7.89. The topological polar surface area (TPSA) is 95.5 Å². The van der Waals surface area contributed by atoms with Crippen LogP contribution >= 0.6 is 0 Å². The predicted molar refractivity (Wildman–Crippen MR) is 74.8 cm³/mol. The summed E-state index contributed by atoms with van der Waals surface area (Å²) in [6.45, 7) is 3.39. The van der Waals surface area contributed by atoms with Crippen LogP contribution in [0.2, 0.25) is 0 Å². The first-order valence-electron chi connectivity index (χ1n) is 6.39. The van der Waals surface area contributed by atoms with Gasteiger partial charge in [-0.15, -0.1) is 0 Å². The number of amides is 1. The van der Waals surface area contributed by atoms with Crippen LogP contribution in [0.1, 0.15) is 19.4 Å². The largest absolute Gasteiger partial charge is 0.395 e. The molecule has 20 heavy (non-hydrogen) atoms. The molecule has 110 valence electrons. The van der Waals surface area contributed by atoms with E-state index in [4.69, 9.17) is 0 Å². The van der Waals surface area contributed by atoms with Gasteiger partial charge in [-0.25, -0.2) is 13.1 Å². The van der Waals surface area contributed by atoms with Crippen LogP contribution in [0.15, 0.2) is 23.1 Å². The molecule has 1 heterocycles. The number of fused-ring (bicyclic) bond motifs is 1. The van der Waals surface area contributed by atoms with Gasteiger partial charge in [0, 0.05) is 11.7 Å². The maximum atomic E-state index is 12.3. The van der Waals surface area contributed by atoms with Crippen molar-refractivity contribution in [1.82, 2.24) is 4.72 Å². The molecule has 0 fully saturated rings. The number of nitrogens with one attached hydrogen (secondary N) is 2. The molecule has 1 aliphatic rings. The van der Waals surface area contributed by atoms with Crippen molar-refractivity contribution in [3.63, 3.8) is 0 Å². The van der Waals surface area contributed by atoms with Crippen LogP contribution in [0.25, 0.3) is 0 Å². The van der Waals surface area contributed by atoms with Crippen molar-refractivity contribution in [2.75, 3.05) is 11.9 Å². The molecule has 1 aromatic carbocycles. The van der Waals surface area contributed by atoms with Crippen molar-refractivity contribution < 1.29 is 18.3 Å². The van der Waals surface area contributed by atoms with Crippen molar-refractivity contribution in [3.05, 3.63) is 23.8 Å². The Labute approximate surface area is 118 Å². The van der Waals surface area contributed by atoms with Gasteiger partial charge in [-0.2, -0.15) is 0 Å². The smallest absolute Gasteiger partial charge is 0.240 e. The third kappa shape index (κ3) is 3.00. The Balaban J connectivity index is 2.27. The summed E-state index contributed by atoms with van der Waals surface area (Å²) in [5.41, 5.74) is 1.32. The monoisotopic (exact) mass is 298 g/mol. The van der Waals surface area contributed by atoms with Gasteiger partial charge in [-0.3, -0.25) is 4.79 Å². The van der Waals surface area contributed by atoms with Crippen LogP contribution in [0.5, 0.6) is 0 Å². The van der Waals surface area contributed by atoms with Gasteiger partial charge in [0.1, 0.15) is 0 Å². The Kier molecular flexibility index (Phi) is 4.12. The van der Waals surface area contributed by atoms with Crippen molar-refractivity contribution in [3.8, 4) is 0 Å². The molecule has 2 rings (SSSR count). The predicted octanol–water partition coefficient (Wildman–Crippen LogP) is 0.476. The molecule has 0 aromatic heterocycles. The molecule has 0 radical (unpaired) electrons. The number of rotatable bonds is 5. The van der Waals surface area contributed by atoms with Gasteiger partial charge < -0.3 is 10.4 Å². The highest BCUT2D eigenvalue weighted by Crippen LogP contribution is 2.25. The molecular weight excluding hydrogens is 280 g/mol. The zero-order chi connectivity index (χ0) is 14.9. The Hall–Kier alpha value is -1.44. The zero-order valence-corrected chi connectivity index (χ0v) is 12.2. The molecule has 0 saturated heterocycles. The number of hydrogen-bond acceptors (Lipinski definition) is 4. The van der Waals surface area contributed by atoms with E-state index >= 15 is 0 Å². The molecule has 0 saturated carbocycles. The quantitative estimate of drug-likeness (QED) is 0.736. The third-order valence-corrected chi connectivity index (χ3v) is 4.81. The van der Waals surface area contributed by atoms with E-state index in [9.17, 15) is 18.3 Å². The van der Waals surface area contributed by atoms with Crippen molar-refractivity contribution in [2.24, 2.45) is 5.92 Å². The fraction of sp³-hybridized carbons (Fsp3) is 0.462. The lowest BCUT2D eigenvalue weighted by atomic mass is 10.1. The van der Waals surface area contributed by atoms with Gasteiger partial charge in [0.2, 0.25) is 15.9 Å². The Bertz CT molecular complexity index is 625. The minimum atomic E-state index is -3.70. The molecule has 6 nitrogen and oxygen atoms in total. The van der Waals surface area contributed by atoms with Crippen molar-refractivity contribution >= 4 is 21.6 Å². The summed E-state index contributed by atoms with van der Waals surface area (Å²) in [6.07, 6.45) is 0.187. The Morgan fingerprint density at radius 1 is 1.40 bits per heavy atom. The summed E-state index contributed by atoms with van der Waals surface area (Å²) >= 11 is 0. The third-order valence-electron chi connectivity index (χ3n) is 3.32. The number of aliphatic hydroxyl groups excluding tert-OH is 1. The zero-order valence-electron chi connectivity index (χ0n) is 11.4. The van der Waals surface area contributed by atoms with Crippen LogP contribution in [0.4, 0.5) is 5.69 Å². The van der Waals surface area contributed by atoms with E-state index in [0.717, 1.165) is 0 Å². The summed E-state index contributed by atoms with van der Waals surface area (Å²) in [6, 6.07) is 3.98. The normalized spacial score (nSPS) is 16.1. The summed E-state index contributed by atoms with van der Waals surface area (Å²) < 4.78 is 27.0. The maximum Gasteiger partial charge on any atom is 0.240 e. The fourth-order valence-corrected chi connectivity index (χ4v) is 3.45. The minimum Gasteiger partial charge on any atom is -0.395 e. The lowest BCUT2D eigenvalue weighted by Crippen LogP contribution is -2.41. The van der Waals surface area contributed by atoms with E-state index in [-0.39, 0.29) is 29.7 Å². The van der Waals surface area contributed by atoms with Crippen molar-refractivity contribution in [1.29, 1.82) is 0 Å². The van der Waals surface area contributed by atoms with E-state index in [2.05, 4.69) is 10.0 Å². The van der Waals surface area contributed by atoms with Gasteiger partial charge in [-0.1, -0.05) is 13.8 Å². The van der Waals surface area contributed by atoms with Gasteiger partial charge in [0.15, 0.2) is 0 Å². The second-order valence-electron chi connectivity index (χ2n) is 5.20. The van der Waals surface area contributed by atoms with E-state index in [1.807, 2.05) is 13.8 Å². The lowest BCUT2D eigenvalue weighted by molar-refractivity contribution is -0.115. The van der Waals surface area contributed by atoms with Crippen LogP contribution < -0.4 is 10.0 Å². The minimum absolute atomic E-state index is 0.0209. The lowest BCUT2D eigenvalue weighted by Gasteiger charge is -2.20. The number of carbonyl (C=O) groups is 1. The second kappa shape index (κ2) is 5.51. The molecule has 1 aromatic rings. The van der Waals surface area contributed by atoms with Gasteiger partial charge in [0.25, 0.3) is 0 Å². The van der Waals surface area contributed by atoms with Crippen LogP contribution in [0.3, 0.4) is 0 Å². The highest BCUT2D eigenvalue weighted by atomic mass is 32.2. The highest BCUT2D eigenvalue weighted by Gasteiger charge is 2.25. The van der Waals surface area contributed by atoms with E-state index in [0.29, 0.717) is 11.3 Å². The van der Waals surface area contributed by atoms with Gasteiger partial charge >= 0.3 is 0 Å². The first kappa shape index (κ1) is 15.0.